The molecule has 1 aliphatic carbocycles. The zero-order valence-corrected chi connectivity index (χ0v) is 12.8. The van der Waals surface area contributed by atoms with Crippen molar-refractivity contribution in [1.29, 1.82) is 0 Å². The van der Waals surface area contributed by atoms with Crippen LogP contribution in [0.3, 0.4) is 0 Å². The summed E-state index contributed by atoms with van der Waals surface area (Å²) in [7, 11) is 0. The van der Waals surface area contributed by atoms with E-state index in [1.54, 1.807) is 0 Å². The molecule has 0 spiro atoms. The molecule has 5 nitrogen and oxygen atoms in total. The van der Waals surface area contributed by atoms with E-state index in [0.717, 1.165) is 13.1 Å². The second-order valence-electron chi connectivity index (χ2n) is 5.42. The lowest BCUT2D eigenvalue weighted by Gasteiger charge is -2.41. The van der Waals surface area contributed by atoms with Gasteiger partial charge in [-0.1, -0.05) is 19.9 Å². The van der Waals surface area contributed by atoms with Crippen LogP contribution in [0.1, 0.15) is 40.5 Å². The van der Waals surface area contributed by atoms with E-state index in [1.807, 2.05) is 13.0 Å². The van der Waals surface area contributed by atoms with Crippen LogP contribution in [-0.2, 0) is 9.59 Å². The average Bonchev–Trinajstić information content (AvgIpc) is 2.39. The Morgan fingerprint density at radius 3 is 2.50 bits per heavy atom. The van der Waals surface area contributed by atoms with Gasteiger partial charge < -0.3 is 15.3 Å². The number of carbonyl (C=O) groups excluding carboxylic acids is 1. The summed E-state index contributed by atoms with van der Waals surface area (Å²) in [5, 5.41) is 12.1. The fourth-order valence-electron chi connectivity index (χ4n) is 3.13. The zero-order valence-electron chi connectivity index (χ0n) is 12.8. The molecule has 20 heavy (non-hydrogen) atoms. The van der Waals surface area contributed by atoms with Gasteiger partial charge in [0, 0.05) is 24.6 Å². The second kappa shape index (κ2) is 7.43. The van der Waals surface area contributed by atoms with Gasteiger partial charge >= 0.3 is 5.97 Å². The SMILES string of the molecule is CCN(CC)[C@H]1CC(C(=O)O)=CC[C@H]1[C@H](C)NC(C)=O. The van der Waals surface area contributed by atoms with Crippen LogP contribution in [0, 0.1) is 5.92 Å². The third kappa shape index (κ3) is 4.07. The summed E-state index contributed by atoms with van der Waals surface area (Å²) in [6.07, 6.45) is 3.06. The summed E-state index contributed by atoms with van der Waals surface area (Å²) in [6, 6.07) is 0.215. The van der Waals surface area contributed by atoms with Crippen LogP contribution >= 0.6 is 0 Å². The van der Waals surface area contributed by atoms with Crippen molar-refractivity contribution in [1.82, 2.24) is 10.2 Å². The largest absolute Gasteiger partial charge is 0.478 e. The molecule has 0 aromatic rings. The Kier molecular flexibility index (Phi) is 6.20. The van der Waals surface area contributed by atoms with Gasteiger partial charge in [0.2, 0.25) is 5.91 Å². The fraction of sp³-hybridized carbons (Fsp3) is 0.733. The third-order valence-corrected chi connectivity index (χ3v) is 4.19. The van der Waals surface area contributed by atoms with Crippen LogP contribution in [0.2, 0.25) is 0 Å². The molecule has 0 saturated carbocycles. The van der Waals surface area contributed by atoms with E-state index in [0.29, 0.717) is 18.4 Å². The molecule has 0 bridgehead atoms. The Morgan fingerprint density at radius 1 is 1.45 bits per heavy atom. The molecule has 0 aliphatic heterocycles. The van der Waals surface area contributed by atoms with Crippen LogP contribution in [-0.4, -0.2) is 47.1 Å². The lowest BCUT2D eigenvalue weighted by atomic mass is 9.79. The van der Waals surface area contributed by atoms with Crippen LogP contribution in [0.4, 0.5) is 0 Å². The number of nitrogens with one attached hydrogen (secondary N) is 1. The number of allylic oxidation sites excluding steroid dienone is 1. The minimum atomic E-state index is -0.826. The molecule has 1 rings (SSSR count). The van der Waals surface area contributed by atoms with Crippen molar-refractivity contribution in [3.8, 4) is 0 Å². The highest BCUT2D eigenvalue weighted by molar-refractivity contribution is 5.86. The van der Waals surface area contributed by atoms with Gasteiger partial charge in [-0.2, -0.15) is 0 Å². The highest BCUT2D eigenvalue weighted by Gasteiger charge is 2.34. The molecule has 0 aromatic carbocycles. The molecule has 5 heteroatoms. The molecule has 0 unspecified atom stereocenters. The van der Waals surface area contributed by atoms with Crippen molar-refractivity contribution in [2.24, 2.45) is 5.92 Å². The van der Waals surface area contributed by atoms with Gasteiger partial charge in [0.05, 0.1) is 0 Å². The number of carboxylic acids is 1. The Balaban J connectivity index is 2.94. The average molecular weight is 282 g/mol. The Morgan fingerprint density at radius 2 is 2.05 bits per heavy atom. The van der Waals surface area contributed by atoms with E-state index >= 15 is 0 Å². The van der Waals surface area contributed by atoms with Gasteiger partial charge in [0.15, 0.2) is 0 Å². The molecule has 0 fully saturated rings. The topological polar surface area (TPSA) is 69.6 Å². The quantitative estimate of drug-likeness (QED) is 0.777. The van der Waals surface area contributed by atoms with Crippen molar-refractivity contribution in [2.45, 2.75) is 52.6 Å². The maximum Gasteiger partial charge on any atom is 0.331 e. The molecule has 114 valence electrons. The van der Waals surface area contributed by atoms with Gasteiger partial charge in [-0.05, 0) is 38.8 Å². The lowest BCUT2D eigenvalue weighted by Crippen LogP contribution is -2.50. The van der Waals surface area contributed by atoms with Gasteiger partial charge in [-0.25, -0.2) is 4.79 Å². The van der Waals surface area contributed by atoms with E-state index in [-0.39, 0.29) is 23.9 Å². The highest BCUT2D eigenvalue weighted by Crippen LogP contribution is 2.30. The van der Waals surface area contributed by atoms with E-state index in [9.17, 15) is 14.7 Å². The first-order valence-electron chi connectivity index (χ1n) is 7.34. The molecule has 0 saturated heterocycles. The summed E-state index contributed by atoms with van der Waals surface area (Å²) in [5.74, 6) is -0.613. The molecule has 0 radical (unpaired) electrons. The smallest absolute Gasteiger partial charge is 0.331 e. The predicted octanol–water partition coefficient (Wildman–Crippen LogP) is 1.64. The number of carbonyl (C=O) groups is 2. The fourth-order valence-corrected chi connectivity index (χ4v) is 3.13. The van der Waals surface area contributed by atoms with Crippen molar-refractivity contribution in [2.75, 3.05) is 13.1 Å². The van der Waals surface area contributed by atoms with E-state index in [2.05, 4.69) is 24.1 Å². The number of aliphatic carboxylic acids is 1. The summed E-state index contributed by atoms with van der Waals surface area (Å²) in [4.78, 5) is 24.7. The first-order valence-corrected chi connectivity index (χ1v) is 7.34. The van der Waals surface area contributed by atoms with Crippen molar-refractivity contribution < 1.29 is 14.7 Å². The maximum atomic E-state index is 11.3. The van der Waals surface area contributed by atoms with E-state index in [4.69, 9.17) is 0 Å². The first-order chi connectivity index (χ1) is 9.40. The predicted molar refractivity (Wildman–Crippen MR) is 78.4 cm³/mol. The lowest BCUT2D eigenvalue weighted by molar-refractivity contribution is -0.133. The summed E-state index contributed by atoms with van der Waals surface area (Å²) < 4.78 is 0. The second-order valence-corrected chi connectivity index (χ2v) is 5.42. The van der Waals surface area contributed by atoms with Crippen LogP contribution in [0.15, 0.2) is 11.6 Å². The minimum Gasteiger partial charge on any atom is -0.478 e. The van der Waals surface area contributed by atoms with Crippen LogP contribution < -0.4 is 5.32 Å². The first kappa shape index (κ1) is 16.7. The van der Waals surface area contributed by atoms with Gasteiger partial charge in [0.25, 0.3) is 0 Å². The van der Waals surface area contributed by atoms with Gasteiger partial charge in [-0.15, -0.1) is 0 Å². The summed E-state index contributed by atoms with van der Waals surface area (Å²) in [6.45, 7) is 9.46. The number of hydrogen-bond acceptors (Lipinski definition) is 3. The van der Waals surface area contributed by atoms with Crippen molar-refractivity contribution in [3.63, 3.8) is 0 Å². The monoisotopic (exact) mass is 282 g/mol. The number of nitrogens with zero attached hydrogens (tertiary/aromatic N) is 1. The number of hydrogen-bond donors (Lipinski definition) is 2. The molecule has 3 atom stereocenters. The van der Waals surface area contributed by atoms with E-state index in [1.165, 1.54) is 6.92 Å². The molecule has 0 aromatic heterocycles. The molecule has 1 aliphatic rings. The minimum absolute atomic E-state index is 0.0381. The van der Waals surface area contributed by atoms with E-state index < -0.39 is 5.97 Å². The van der Waals surface area contributed by atoms with Gasteiger partial charge in [-0.3, -0.25) is 4.79 Å². The Bertz CT molecular complexity index is 389. The third-order valence-electron chi connectivity index (χ3n) is 4.19. The molecule has 0 heterocycles. The van der Waals surface area contributed by atoms with Crippen LogP contribution in [0.25, 0.3) is 0 Å². The van der Waals surface area contributed by atoms with Gasteiger partial charge in [0.1, 0.15) is 0 Å². The number of carboxylic acid groups (broad SMARTS) is 1. The zero-order chi connectivity index (χ0) is 15.3. The Hall–Kier alpha value is -1.36. The standard InChI is InChI=1S/C15H26N2O3/c1-5-17(6-2)14-9-12(15(19)20)7-8-13(14)10(3)16-11(4)18/h7,10,13-14H,5-6,8-9H2,1-4H3,(H,16,18)(H,19,20)/t10-,13-,14-/m0/s1. The maximum absolute atomic E-state index is 11.3. The summed E-state index contributed by atoms with van der Waals surface area (Å²) in [5.41, 5.74) is 0.494. The highest BCUT2D eigenvalue weighted by atomic mass is 16.4. The van der Waals surface area contributed by atoms with Crippen molar-refractivity contribution in [3.05, 3.63) is 11.6 Å². The molecule has 2 N–H and O–H groups in total. The summed E-state index contributed by atoms with van der Waals surface area (Å²) >= 11 is 0. The molecule has 1 amide bonds. The molecular weight excluding hydrogens is 256 g/mol. The van der Waals surface area contributed by atoms with Crippen molar-refractivity contribution >= 4 is 11.9 Å². The number of rotatable bonds is 6. The Labute approximate surface area is 121 Å². The van der Waals surface area contributed by atoms with Crippen LogP contribution in [0.5, 0.6) is 0 Å². The number of amides is 1. The molecular formula is C15H26N2O3. The normalized spacial score (nSPS) is 24.1.